The zero-order chi connectivity index (χ0) is 8.97. The molecule has 4 heteroatoms. The van der Waals surface area contributed by atoms with E-state index < -0.39 is 5.97 Å². The van der Waals surface area contributed by atoms with Crippen LogP contribution in [0.1, 0.15) is 6.92 Å². The van der Waals surface area contributed by atoms with Gasteiger partial charge in [0.15, 0.2) is 4.98 Å². The van der Waals surface area contributed by atoms with Crippen LogP contribution in [-0.4, -0.2) is 5.97 Å². The molecule has 0 spiro atoms. The molecule has 0 saturated heterocycles. The minimum absolute atomic E-state index is 0.243. The molecule has 0 heterocycles. The second-order valence-corrected chi connectivity index (χ2v) is 2.16. The first-order valence-electron chi connectivity index (χ1n) is 3.36. The summed E-state index contributed by atoms with van der Waals surface area (Å²) in [7, 11) is 0. The van der Waals surface area contributed by atoms with Crippen molar-refractivity contribution in [3.8, 4) is 5.75 Å². The molecule has 0 unspecified atom stereocenters. The maximum Gasteiger partial charge on any atom is 0.427 e. The number of ether oxygens (including phenoxy) is 1. The molecule has 60 valence electrons. The number of nitrogens with zero attached hydrogens (tertiary/aromatic N) is 2. The first-order chi connectivity index (χ1) is 5.74. The van der Waals surface area contributed by atoms with Crippen molar-refractivity contribution in [3.63, 3.8) is 0 Å². The van der Waals surface area contributed by atoms with Crippen LogP contribution in [0.3, 0.4) is 0 Å². The van der Waals surface area contributed by atoms with Crippen molar-refractivity contribution >= 4 is 11.7 Å². The second-order valence-electron chi connectivity index (χ2n) is 2.16. The first kappa shape index (κ1) is 8.21. The van der Waals surface area contributed by atoms with Gasteiger partial charge in [0.1, 0.15) is 0 Å². The highest BCUT2D eigenvalue weighted by atomic mass is 16.5. The molecule has 0 aliphatic heterocycles. The molecular formula is C8H7N2O2+. The lowest BCUT2D eigenvalue weighted by Crippen LogP contribution is -2.00. The standard InChI is InChI=1S/C8H7N2O2/c1-6(11)12-8-5-3-2-4-7(8)10-9/h2-5H,1H3/q+1. The maximum absolute atomic E-state index is 10.5. The largest absolute Gasteiger partial charge is 0.427 e. The van der Waals surface area contributed by atoms with E-state index in [1.807, 2.05) is 0 Å². The molecule has 4 nitrogen and oxygen atoms in total. The summed E-state index contributed by atoms with van der Waals surface area (Å²) in [5.74, 6) is -0.182. The Bertz CT molecular complexity index is 341. The SMILES string of the molecule is CC(=O)Oc1ccccc1[N+]#N. The van der Waals surface area contributed by atoms with Gasteiger partial charge < -0.3 is 4.74 Å². The Kier molecular flexibility index (Phi) is 2.38. The fourth-order valence-electron chi connectivity index (χ4n) is 0.781. The lowest BCUT2D eigenvalue weighted by Gasteiger charge is -1.95. The van der Waals surface area contributed by atoms with E-state index in [0.29, 0.717) is 0 Å². The average Bonchev–Trinajstić information content (AvgIpc) is 2.04. The monoisotopic (exact) mass is 163 g/mol. The quantitative estimate of drug-likeness (QED) is 0.362. The van der Waals surface area contributed by atoms with Crippen LogP contribution in [0.2, 0.25) is 0 Å². The first-order valence-corrected chi connectivity index (χ1v) is 3.36. The van der Waals surface area contributed by atoms with E-state index in [9.17, 15) is 4.79 Å². The maximum atomic E-state index is 10.5. The van der Waals surface area contributed by atoms with Crippen LogP contribution in [0.5, 0.6) is 5.75 Å². The molecule has 0 atom stereocenters. The Hall–Kier alpha value is -1.89. The van der Waals surface area contributed by atoms with Crippen molar-refractivity contribution in [2.24, 2.45) is 0 Å². The summed E-state index contributed by atoms with van der Waals surface area (Å²) in [5, 5.41) is 8.47. The number of benzene rings is 1. The van der Waals surface area contributed by atoms with E-state index >= 15 is 0 Å². The number of carbonyl (C=O) groups excluding carboxylic acids is 1. The van der Waals surface area contributed by atoms with E-state index in [1.165, 1.54) is 13.0 Å². The summed E-state index contributed by atoms with van der Waals surface area (Å²) in [6.07, 6.45) is 0. The minimum Gasteiger partial charge on any atom is -0.418 e. The Balaban J connectivity index is 2.99. The van der Waals surface area contributed by atoms with Crippen LogP contribution in [-0.2, 0) is 4.79 Å². The molecule has 1 rings (SSSR count). The lowest BCUT2D eigenvalue weighted by atomic mass is 10.3. The zero-order valence-corrected chi connectivity index (χ0v) is 6.52. The van der Waals surface area contributed by atoms with Crippen LogP contribution in [0.15, 0.2) is 24.3 Å². The topological polar surface area (TPSA) is 54.5 Å². The van der Waals surface area contributed by atoms with Crippen molar-refractivity contribution < 1.29 is 9.53 Å². The summed E-state index contributed by atoms with van der Waals surface area (Å²) >= 11 is 0. The highest BCUT2D eigenvalue weighted by molar-refractivity contribution is 5.72. The van der Waals surface area contributed by atoms with Crippen LogP contribution in [0.25, 0.3) is 4.98 Å². The smallest absolute Gasteiger partial charge is 0.418 e. The molecule has 0 saturated carbocycles. The van der Waals surface area contributed by atoms with Crippen LogP contribution in [0, 0.1) is 5.39 Å². The van der Waals surface area contributed by atoms with E-state index in [2.05, 4.69) is 4.98 Å². The molecule has 1 aromatic carbocycles. The fourth-order valence-corrected chi connectivity index (χ4v) is 0.781. The van der Waals surface area contributed by atoms with Gasteiger partial charge in [-0.25, -0.2) is 0 Å². The molecule has 12 heavy (non-hydrogen) atoms. The minimum atomic E-state index is -0.439. The predicted molar refractivity (Wildman–Crippen MR) is 42.5 cm³/mol. The molecule has 0 N–H and O–H groups in total. The molecule has 0 aliphatic carbocycles. The van der Waals surface area contributed by atoms with E-state index in [1.54, 1.807) is 18.2 Å². The number of hydrogen-bond acceptors (Lipinski definition) is 3. The number of hydrogen-bond donors (Lipinski definition) is 0. The predicted octanol–water partition coefficient (Wildman–Crippen LogP) is 2.10. The van der Waals surface area contributed by atoms with Gasteiger partial charge in [0.25, 0.3) is 0 Å². The highest BCUT2D eigenvalue weighted by Crippen LogP contribution is 2.26. The third kappa shape index (κ3) is 1.80. The number of esters is 1. The zero-order valence-electron chi connectivity index (χ0n) is 6.52. The molecule has 1 aromatic rings. The average molecular weight is 163 g/mol. The Labute approximate surface area is 69.4 Å². The van der Waals surface area contributed by atoms with Gasteiger partial charge in [-0.3, -0.25) is 4.79 Å². The van der Waals surface area contributed by atoms with Crippen molar-refractivity contribution in [1.82, 2.24) is 0 Å². The lowest BCUT2D eigenvalue weighted by molar-refractivity contribution is -0.131. The molecule has 0 amide bonds. The van der Waals surface area contributed by atoms with E-state index in [0.717, 1.165) is 0 Å². The summed E-state index contributed by atoms with van der Waals surface area (Å²) in [4.78, 5) is 13.5. The highest BCUT2D eigenvalue weighted by Gasteiger charge is 2.14. The van der Waals surface area contributed by atoms with Gasteiger partial charge in [0, 0.05) is 13.0 Å². The van der Waals surface area contributed by atoms with Crippen LogP contribution >= 0.6 is 0 Å². The number of rotatable bonds is 1. The Morgan fingerprint density at radius 3 is 2.75 bits per heavy atom. The van der Waals surface area contributed by atoms with Gasteiger partial charge in [0.05, 0.1) is 0 Å². The van der Waals surface area contributed by atoms with Crippen molar-refractivity contribution in [2.75, 3.05) is 0 Å². The van der Waals surface area contributed by atoms with Crippen LogP contribution < -0.4 is 4.74 Å². The van der Waals surface area contributed by atoms with Crippen molar-refractivity contribution in [3.05, 3.63) is 29.2 Å². The third-order valence-corrected chi connectivity index (χ3v) is 1.23. The molecule has 0 radical (unpaired) electrons. The third-order valence-electron chi connectivity index (χ3n) is 1.23. The summed E-state index contributed by atoms with van der Waals surface area (Å²) in [6.45, 7) is 1.29. The normalized spacial score (nSPS) is 8.67. The molecular weight excluding hydrogens is 156 g/mol. The second kappa shape index (κ2) is 3.49. The van der Waals surface area contributed by atoms with Gasteiger partial charge in [-0.1, -0.05) is 12.1 Å². The van der Waals surface area contributed by atoms with Crippen LogP contribution in [0.4, 0.5) is 5.69 Å². The van der Waals surface area contributed by atoms with E-state index in [-0.39, 0.29) is 11.4 Å². The molecule has 0 bridgehead atoms. The van der Waals surface area contributed by atoms with E-state index in [4.69, 9.17) is 10.1 Å². The van der Waals surface area contributed by atoms with Crippen molar-refractivity contribution in [2.45, 2.75) is 6.92 Å². The number of carbonyl (C=O) groups is 1. The summed E-state index contributed by atoms with van der Waals surface area (Å²) in [6, 6.07) is 6.46. The van der Waals surface area contributed by atoms with Gasteiger partial charge >= 0.3 is 11.7 Å². The summed E-state index contributed by atoms with van der Waals surface area (Å²) < 4.78 is 4.74. The fraction of sp³-hybridized carbons (Fsp3) is 0.125. The van der Waals surface area contributed by atoms with Gasteiger partial charge in [-0.15, -0.1) is 0 Å². The number of para-hydroxylation sites is 1. The van der Waals surface area contributed by atoms with Crippen molar-refractivity contribution in [1.29, 1.82) is 5.39 Å². The molecule has 0 aliphatic rings. The summed E-state index contributed by atoms with van der Waals surface area (Å²) in [5.41, 5.74) is 0.243. The van der Waals surface area contributed by atoms with Gasteiger partial charge in [-0.05, 0) is 6.07 Å². The number of diazo groups is 1. The molecule has 0 fully saturated rings. The van der Waals surface area contributed by atoms with Gasteiger partial charge in [-0.2, -0.15) is 0 Å². The van der Waals surface area contributed by atoms with Gasteiger partial charge in [0.2, 0.25) is 11.1 Å². The Morgan fingerprint density at radius 2 is 2.17 bits per heavy atom. The molecule has 0 aromatic heterocycles. The Morgan fingerprint density at radius 1 is 1.50 bits per heavy atom.